The molecule has 3 aromatic rings. The number of rotatable bonds is 3. The molecule has 0 radical (unpaired) electrons. The lowest BCUT2D eigenvalue weighted by atomic mass is 9.72. The number of alkyl halides is 3. The van der Waals surface area contributed by atoms with Crippen molar-refractivity contribution in [2.75, 3.05) is 7.11 Å². The molecule has 2 fully saturated rings. The van der Waals surface area contributed by atoms with Crippen molar-refractivity contribution in [3.63, 3.8) is 0 Å². The average Bonchev–Trinajstić information content (AvgIpc) is 3.25. The number of carbonyl (C=O) groups is 1. The Morgan fingerprint density at radius 2 is 1.65 bits per heavy atom. The molecule has 5 nitrogen and oxygen atoms in total. The van der Waals surface area contributed by atoms with Crippen molar-refractivity contribution in [3.8, 4) is 28.4 Å². The summed E-state index contributed by atoms with van der Waals surface area (Å²) < 4.78 is 51.9. The molecule has 3 atom stereocenters. The zero-order valence-electron chi connectivity index (χ0n) is 23.7. The van der Waals surface area contributed by atoms with Crippen LogP contribution < -0.4 is 9.47 Å². The Labute approximate surface area is 234 Å². The number of nitrogens with zero attached hydrogens (tertiary/aromatic N) is 2. The highest BCUT2D eigenvalue weighted by Crippen LogP contribution is 2.55. The van der Waals surface area contributed by atoms with Crippen molar-refractivity contribution in [1.82, 2.24) is 9.88 Å². The van der Waals surface area contributed by atoms with Gasteiger partial charge in [-0.25, -0.2) is 0 Å². The van der Waals surface area contributed by atoms with E-state index in [0.717, 1.165) is 27.2 Å². The highest BCUT2D eigenvalue weighted by molar-refractivity contribution is 5.83. The minimum atomic E-state index is -4.85. The van der Waals surface area contributed by atoms with Gasteiger partial charge in [-0.3, -0.25) is 9.78 Å². The molecule has 6 rings (SSSR count). The van der Waals surface area contributed by atoms with E-state index in [-0.39, 0.29) is 11.8 Å². The van der Waals surface area contributed by atoms with Crippen LogP contribution in [0.2, 0.25) is 0 Å². The van der Waals surface area contributed by atoms with Crippen LogP contribution in [0.25, 0.3) is 11.1 Å². The number of para-hydroxylation sites is 1. The normalized spacial score (nSPS) is 22.4. The van der Waals surface area contributed by atoms with Gasteiger partial charge in [-0.1, -0.05) is 58.0 Å². The fourth-order valence-corrected chi connectivity index (χ4v) is 6.40. The van der Waals surface area contributed by atoms with Crippen molar-refractivity contribution in [2.24, 2.45) is 5.92 Å². The van der Waals surface area contributed by atoms with Gasteiger partial charge in [0, 0.05) is 47.1 Å². The molecule has 4 heterocycles. The molecular weight excluding hydrogens is 517 g/mol. The molecule has 3 aliphatic heterocycles. The van der Waals surface area contributed by atoms with E-state index in [1.807, 2.05) is 70.2 Å². The molecule has 214 valence electrons. The minimum Gasteiger partial charge on any atom is -0.493 e. The monoisotopic (exact) mass is 554 g/mol. The first kappa shape index (κ1) is 29.4. The topological polar surface area (TPSA) is 51.7 Å². The molecule has 0 saturated carbocycles. The largest absolute Gasteiger partial charge is 0.493 e. The van der Waals surface area contributed by atoms with E-state index in [9.17, 15) is 18.0 Å². The number of fused-ring (bicyclic) bond motifs is 4. The number of benzene rings is 2. The van der Waals surface area contributed by atoms with Crippen LogP contribution in [0.3, 0.4) is 0 Å². The molecular formula is C32H37F3N2O3. The van der Waals surface area contributed by atoms with E-state index in [0.29, 0.717) is 42.9 Å². The van der Waals surface area contributed by atoms with E-state index < -0.39 is 24.2 Å². The first-order chi connectivity index (χ1) is 19.3. The maximum atomic E-state index is 13.3. The zero-order chi connectivity index (χ0) is 29.0. The SMILES string of the molecule is CC.CC.COc1cccc2c1Oc1cc(-c3cccnc3)ccc1C2C1CC2CCC(C1)N2C(=O)C(F)(F)F. The molecule has 1 amide bonds. The van der Waals surface area contributed by atoms with Gasteiger partial charge in [0.1, 0.15) is 5.75 Å². The maximum Gasteiger partial charge on any atom is 0.471 e. The highest BCUT2D eigenvalue weighted by atomic mass is 19.4. The Bertz CT molecular complexity index is 1300. The second-order valence-electron chi connectivity index (χ2n) is 9.78. The maximum absolute atomic E-state index is 13.3. The van der Waals surface area contributed by atoms with E-state index in [2.05, 4.69) is 11.1 Å². The third-order valence-corrected chi connectivity index (χ3v) is 7.84. The third-order valence-electron chi connectivity index (χ3n) is 7.84. The molecule has 2 bridgehead atoms. The van der Waals surface area contributed by atoms with E-state index in [1.165, 1.54) is 0 Å². The van der Waals surface area contributed by atoms with Crippen molar-refractivity contribution in [2.45, 2.75) is 77.6 Å². The van der Waals surface area contributed by atoms with E-state index in [4.69, 9.17) is 9.47 Å². The first-order valence-corrected chi connectivity index (χ1v) is 14.1. The summed E-state index contributed by atoms with van der Waals surface area (Å²) in [6.07, 6.45) is 0.907. The number of hydrogen-bond acceptors (Lipinski definition) is 4. The Morgan fingerprint density at radius 3 is 2.25 bits per heavy atom. The van der Waals surface area contributed by atoms with Gasteiger partial charge < -0.3 is 14.4 Å². The fourth-order valence-electron chi connectivity index (χ4n) is 6.40. The standard InChI is InChI=1S/C28H25F3N2O3.2C2H6/c1-35-23-6-2-5-22-25(18-12-19-8-9-20(13-18)33(19)27(34)28(29,30)31)21-10-7-16(14-24(21)36-26(22)23)17-4-3-11-32-15-17;2*1-2/h2-7,10-11,14-15,18-20,25H,8-9,12-13H2,1H3;2*1-2H3. The van der Waals surface area contributed by atoms with Gasteiger partial charge in [0.2, 0.25) is 0 Å². The van der Waals surface area contributed by atoms with Crippen LogP contribution in [0.4, 0.5) is 13.2 Å². The number of methoxy groups -OCH3 is 1. The highest BCUT2D eigenvalue weighted by Gasteiger charge is 2.53. The molecule has 40 heavy (non-hydrogen) atoms. The lowest BCUT2D eigenvalue weighted by molar-refractivity contribution is -0.190. The molecule has 0 N–H and O–H groups in total. The summed E-state index contributed by atoms with van der Waals surface area (Å²) in [6.45, 7) is 8.00. The molecule has 2 saturated heterocycles. The van der Waals surface area contributed by atoms with Crippen LogP contribution in [-0.2, 0) is 4.79 Å². The number of aromatic nitrogens is 1. The number of pyridine rings is 1. The molecule has 0 spiro atoms. The van der Waals surface area contributed by atoms with Gasteiger partial charge in [-0.05, 0) is 55.4 Å². The fraction of sp³-hybridized carbons (Fsp3) is 0.438. The summed E-state index contributed by atoms with van der Waals surface area (Å²) in [4.78, 5) is 17.5. The predicted octanol–water partition coefficient (Wildman–Crippen LogP) is 8.38. The molecule has 0 aliphatic carbocycles. The molecule has 1 aromatic heterocycles. The number of piperidine rings is 1. The summed E-state index contributed by atoms with van der Waals surface area (Å²) >= 11 is 0. The number of ether oxygens (including phenoxy) is 2. The van der Waals surface area contributed by atoms with Crippen LogP contribution in [0.5, 0.6) is 17.2 Å². The number of carbonyl (C=O) groups excluding carboxylic acids is 1. The number of hydrogen-bond donors (Lipinski definition) is 0. The summed E-state index contributed by atoms with van der Waals surface area (Å²) in [7, 11) is 1.59. The molecule has 3 aliphatic rings. The second kappa shape index (κ2) is 12.3. The summed E-state index contributed by atoms with van der Waals surface area (Å²) in [5, 5.41) is 0. The van der Waals surface area contributed by atoms with Gasteiger partial charge in [0.15, 0.2) is 11.5 Å². The quantitative estimate of drug-likeness (QED) is 0.326. The van der Waals surface area contributed by atoms with Crippen LogP contribution in [-0.4, -0.2) is 41.2 Å². The Hall–Kier alpha value is -3.55. The third kappa shape index (κ3) is 5.40. The Morgan fingerprint density at radius 1 is 0.950 bits per heavy atom. The van der Waals surface area contributed by atoms with Gasteiger partial charge in [0.25, 0.3) is 0 Å². The minimum absolute atomic E-state index is 0.0672. The van der Waals surface area contributed by atoms with Crippen molar-refractivity contribution in [3.05, 3.63) is 72.1 Å². The van der Waals surface area contributed by atoms with Crippen molar-refractivity contribution < 1.29 is 27.4 Å². The summed E-state index contributed by atoms with van der Waals surface area (Å²) in [5.74, 6) is 0.249. The zero-order valence-corrected chi connectivity index (χ0v) is 23.7. The Kier molecular flexibility index (Phi) is 9.06. The van der Waals surface area contributed by atoms with Gasteiger partial charge in [0.05, 0.1) is 7.11 Å². The first-order valence-electron chi connectivity index (χ1n) is 14.1. The van der Waals surface area contributed by atoms with E-state index >= 15 is 0 Å². The molecule has 3 unspecified atom stereocenters. The second-order valence-corrected chi connectivity index (χ2v) is 9.78. The van der Waals surface area contributed by atoms with Gasteiger partial charge in [-0.2, -0.15) is 13.2 Å². The van der Waals surface area contributed by atoms with Gasteiger partial charge in [-0.15, -0.1) is 0 Å². The average molecular weight is 555 g/mol. The Balaban J connectivity index is 0.000000886. The molecule has 8 heteroatoms. The molecule has 2 aromatic carbocycles. The van der Waals surface area contributed by atoms with Crippen LogP contribution in [0.1, 0.15) is 70.4 Å². The summed E-state index contributed by atoms with van der Waals surface area (Å²) in [5.41, 5.74) is 3.90. The number of amides is 1. The van der Waals surface area contributed by atoms with Gasteiger partial charge >= 0.3 is 12.1 Å². The lowest BCUT2D eigenvalue weighted by Crippen LogP contribution is -2.52. The smallest absolute Gasteiger partial charge is 0.471 e. The van der Waals surface area contributed by atoms with Crippen molar-refractivity contribution in [1.29, 1.82) is 0 Å². The van der Waals surface area contributed by atoms with Crippen molar-refractivity contribution >= 4 is 5.91 Å². The lowest BCUT2D eigenvalue weighted by Gasteiger charge is -2.43. The van der Waals surface area contributed by atoms with Crippen LogP contribution >= 0.6 is 0 Å². The van der Waals surface area contributed by atoms with Crippen LogP contribution in [0.15, 0.2) is 60.9 Å². The number of halogens is 3. The van der Waals surface area contributed by atoms with E-state index in [1.54, 1.807) is 19.5 Å². The predicted molar refractivity (Wildman–Crippen MR) is 150 cm³/mol. The summed E-state index contributed by atoms with van der Waals surface area (Å²) in [6, 6.07) is 14.9. The van der Waals surface area contributed by atoms with Crippen LogP contribution in [0, 0.1) is 5.92 Å².